The summed E-state index contributed by atoms with van der Waals surface area (Å²) in [7, 11) is 0. The molecule has 18 heavy (non-hydrogen) atoms. The average molecular weight is 319 g/mol. The van der Waals surface area contributed by atoms with Gasteiger partial charge in [0.05, 0.1) is 0 Å². The lowest BCUT2D eigenvalue weighted by Crippen LogP contribution is -2.38. The second-order valence-corrected chi connectivity index (χ2v) is 6.69. The smallest absolute Gasteiger partial charge is 0.327 e. The quantitative estimate of drug-likeness (QED) is 0.453. The van der Waals surface area contributed by atoms with Gasteiger partial charge >= 0.3 is 5.97 Å². The number of ketones is 1. The van der Waals surface area contributed by atoms with Crippen molar-refractivity contribution >= 4 is 27.7 Å². The van der Waals surface area contributed by atoms with Gasteiger partial charge in [-0.15, -0.1) is 0 Å². The van der Waals surface area contributed by atoms with E-state index in [9.17, 15) is 9.59 Å². The molecule has 3 nitrogen and oxygen atoms in total. The zero-order chi connectivity index (χ0) is 13.9. The first-order valence-corrected chi connectivity index (χ1v) is 7.59. The maximum Gasteiger partial charge on any atom is 0.327 e. The Kier molecular flexibility index (Phi) is 5.83. The van der Waals surface area contributed by atoms with Crippen LogP contribution in [-0.2, 0) is 14.3 Å². The largest absolute Gasteiger partial charge is 0.461 e. The zero-order valence-corrected chi connectivity index (χ0v) is 13.2. The van der Waals surface area contributed by atoms with E-state index in [4.69, 9.17) is 4.74 Å². The monoisotopic (exact) mass is 318 g/mol. The summed E-state index contributed by atoms with van der Waals surface area (Å²) in [5.74, 6) is 0.860. The van der Waals surface area contributed by atoms with Crippen molar-refractivity contribution in [2.24, 2.45) is 17.8 Å². The molecule has 0 aromatic heterocycles. The van der Waals surface area contributed by atoms with Gasteiger partial charge in [-0.3, -0.25) is 9.59 Å². The number of hydrogen-bond donors (Lipinski definition) is 0. The second kappa shape index (κ2) is 6.69. The second-order valence-electron chi connectivity index (χ2n) is 5.77. The van der Waals surface area contributed by atoms with Crippen molar-refractivity contribution in [3.8, 4) is 0 Å². The highest BCUT2D eigenvalue weighted by Gasteiger charge is 2.35. The maximum atomic E-state index is 11.8. The molecule has 0 heterocycles. The highest BCUT2D eigenvalue weighted by Crippen LogP contribution is 2.35. The van der Waals surface area contributed by atoms with Crippen LogP contribution in [0.1, 0.15) is 47.0 Å². The molecular formula is C14H23BrO3. The Labute approximate surface area is 118 Å². The van der Waals surface area contributed by atoms with Gasteiger partial charge in [-0.05, 0) is 37.5 Å². The number of ether oxygens (including phenoxy) is 1. The summed E-state index contributed by atoms with van der Waals surface area (Å²) < 4.78 is 5.55. The van der Waals surface area contributed by atoms with Gasteiger partial charge in [-0.1, -0.05) is 43.1 Å². The molecule has 0 radical (unpaired) electrons. The van der Waals surface area contributed by atoms with Crippen LogP contribution in [0.2, 0.25) is 0 Å². The van der Waals surface area contributed by atoms with Crippen LogP contribution in [0.3, 0.4) is 0 Å². The normalized spacial score (nSPS) is 30.0. The average Bonchev–Trinajstić information content (AvgIpc) is 2.27. The molecule has 0 bridgehead atoms. The molecule has 1 fully saturated rings. The minimum Gasteiger partial charge on any atom is -0.461 e. The van der Waals surface area contributed by atoms with Crippen LogP contribution in [0, 0.1) is 17.8 Å². The third kappa shape index (κ3) is 4.08. The summed E-state index contributed by atoms with van der Waals surface area (Å²) in [6.45, 7) is 7.91. The highest BCUT2D eigenvalue weighted by molar-refractivity contribution is 9.10. The number of carbonyl (C=O) groups excluding carboxylic acids is 2. The number of rotatable bonds is 4. The van der Waals surface area contributed by atoms with Crippen LogP contribution in [0.15, 0.2) is 0 Å². The fourth-order valence-corrected chi connectivity index (χ4v) is 2.73. The highest BCUT2D eigenvalue weighted by atomic mass is 79.9. The number of carbonyl (C=O) groups is 2. The molecule has 1 unspecified atom stereocenters. The van der Waals surface area contributed by atoms with Crippen molar-refractivity contribution in [2.75, 3.05) is 0 Å². The molecule has 0 amide bonds. The first-order valence-electron chi connectivity index (χ1n) is 6.68. The van der Waals surface area contributed by atoms with Crippen molar-refractivity contribution < 1.29 is 14.3 Å². The third-order valence-electron chi connectivity index (χ3n) is 3.79. The van der Waals surface area contributed by atoms with E-state index >= 15 is 0 Å². The van der Waals surface area contributed by atoms with Gasteiger partial charge in [-0.25, -0.2) is 0 Å². The zero-order valence-electron chi connectivity index (χ0n) is 11.6. The minimum atomic E-state index is -0.817. The summed E-state index contributed by atoms with van der Waals surface area (Å²) in [6.07, 6.45) is 3.16. The molecule has 4 heteroatoms. The Hall–Kier alpha value is -0.380. The number of hydrogen-bond acceptors (Lipinski definition) is 3. The molecule has 0 aromatic rings. The summed E-state index contributed by atoms with van der Waals surface area (Å²) in [5.41, 5.74) is 0. The van der Waals surface area contributed by atoms with E-state index in [0.717, 1.165) is 12.8 Å². The van der Waals surface area contributed by atoms with Crippen LogP contribution in [0.4, 0.5) is 0 Å². The van der Waals surface area contributed by atoms with Crippen molar-refractivity contribution in [2.45, 2.75) is 57.9 Å². The Balaban J connectivity index is 2.66. The summed E-state index contributed by atoms with van der Waals surface area (Å²) in [6, 6.07) is 0. The Bertz CT molecular complexity index is 314. The topological polar surface area (TPSA) is 43.4 Å². The van der Waals surface area contributed by atoms with Crippen LogP contribution in [0.5, 0.6) is 0 Å². The lowest BCUT2D eigenvalue weighted by molar-refractivity contribution is -0.156. The lowest BCUT2D eigenvalue weighted by Gasteiger charge is -2.36. The fourth-order valence-electron chi connectivity index (χ4n) is 2.63. The van der Waals surface area contributed by atoms with E-state index in [2.05, 4.69) is 36.7 Å². The van der Waals surface area contributed by atoms with Gasteiger partial charge in [0.1, 0.15) is 6.10 Å². The van der Waals surface area contributed by atoms with Crippen LogP contribution in [-0.4, -0.2) is 22.7 Å². The fraction of sp³-hybridized carbons (Fsp3) is 0.857. The van der Waals surface area contributed by atoms with Crippen LogP contribution < -0.4 is 0 Å². The molecule has 0 aromatic carbocycles. The van der Waals surface area contributed by atoms with E-state index in [0.29, 0.717) is 17.8 Å². The molecule has 0 N–H and O–H groups in total. The molecule has 1 rings (SSSR count). The van der Waals surface area contributed by atoms with Gasteiger partial charge < -0.3 is 4.74 Å². The van der Waals surface area contributed by atoms with Crippen LogP contribution in [0.25, 0.3) is 0 Å². The van der Waals surface area contributed by atoms with Crippen molar-refractivity contribution in [3.63, 3.8) is 0 Å². The maximum absolute atomic E-state index is 11.8. The molecule has 1 saturated carbocycles. The van der Waals surface area contributed by atoms with Crippen molar-refractivity contribution in [1.82, 2.24) is 0 Å². The molecule has 1 aliphatic carbocycles. The Morgan fingerprint density at radius 3 is 2.39 bits per heavy atom. The summed E-state index contributed by atoms with van der Waals surface area (Å²) in [5, 5.41) is 0. The van der Waals surface area contributed by atoms with E-state index in [1.807, 2.05) is 0 Å². The summed E-state index contributed by atoms with van der Waals surface area (Å²) >= 11 is 3.08. The molecule has 0 spiro atoms. The first-order chi connectivity index (χ1) is 8.32. The minimum absolute atomic E-state index is 0.0411. The van der Waals surface area contributed by atoms with Gasteiger partial charge in [0, 0.05) is 0 Å². The standard InChI is InChI=1S/C14H23BrO3/c1-8(2)11-6-5-9(3)7-12(11)18-14(17)13(15)10(4)16/h8-9,11-13H,5-7H2,1-4H3/t9-,11+,12-,13?/m1/s1. The number of esters is 1. The van der Waals surface area contributed by atoms with Crippen molar-refractivity contribution in [3.05, 3.63) is 0 Å². The number of halogens is 1. The molecule has 0 aliphatic heterocycles. The van der Waals surface area contributed by atoms with Crippen molar-refractivity contribution in [1.29, 1.82) is 0 Å². The van der Waals surface area contributed by atoms with Gasteiger partial charge in [-0.2, -0.15) is 0 Å². The lowest BCUT2D eigenvalue weighted by atomic mass is 9.75. The van der Waals surface area contributed by atoms with E-state index < -0.39 is 10.8 Å². The molecule has 104 valence electrons. The third-order valence-corrected chi connectivity index (χ3v) is 4.81. The number of Topliss-reactive ketones (excluding diaryl/α,β-unsaturated/α-hetero) is 1. The van der Waals surface area contributed by atoms with Crippen LogP contribution >= 0.6 is 15.9 Å². The molecule has 4 atom stereocenters. The summed E-state index contributed by atoms with van der Waals surface area (Å²) in [4.78, 5) is 22.2. The molecular weight excluding hydrogens is 296 g/mol. The predicted molar refractivity (Wildman–Crippen MR) is 74.6 cm³/mol. The Morgan fingerprint density at radius 2 is 1.89 bits per heavy atom. The van der Waals surface area contributed by atoms with E-state index in [1.165, 1.54) is 13.3 Å². The molecule has 0 saturated heterocycles. The van der Waals surface area contributed by atoms with E-state index in [-0.39, 0.29) is 11.9 Å². The van der Waals surface area contributed by atoms with Gasteiger partial charge in [0.15, 0.2) is 10.6 Å². The number of alkyl halides is 1. The predicted octanol–water partition coefficient (Wildman–Crippen LogP) is 3.34. The first kappa shape index (κ1) is 15.7. The molecule has 1 aliphatic rings. The Morgan fingerprint density at radius 1 is 1.28 bits per heavy atom. The van der Waals surface area contributed by atoms with Gasteiger partial charge in [0.25, 0.3) is 0 Å². The van der Waals surface area contributed by atoms with Gasteiger partial charge in [0.2, 0.25) is 0 Å². The van der Waals surface area contributed by atoms with E-state index in [1.54, 1.807) is 0 Å². The SMILES string of the molecule is CC(=O)C(Br)C(=O)O[C@@H]1C[C@H](C)CC[C@H]1C(C)C.